The lowest BCUT2D eigenvalue weighted by atomic mass is 10.1. The number of hydrogen-bond donors (Lipinski definition) is 5. The Balaban J connectivity index is 1.81. The molecule has 2 aromatic carbocycles. The lowest BCUT2D eigenvalue weighted by molar-refractivity contribution is 0.0601. The van der Waals surface area contributed by atoms with Crippen LogP contribution in [0.3, 0.4) is 0 Å². The van der Waals surface area contributed by atoms with Gasteiger partial charge in [-0.3, -0.25) is 5.32 Å². The molecule has 10 heteroatoms. The Bertz CT molecular complexity index is 914. The van der Waals surface area contributed by atoms with Gasteiger partial charge in [0.25, 0.3) is 0 Å². The summed E-state index contributed by atoms with van der Waals surface area (Å²) in [5, 5.41) is 12.2. The summed E-state index contributed by atoms with van der Waals surface area (Å²) in [6.07, 6.45) is 3.12. The van der Waals surface area contributed by atoms with Crippen molar-refractivity contribution in [3.63, 3.8) is 0 Å². The van der Waals surface area contributed by atoms with E-state index in [0.717, 1.165) is 57.9 Å². The molecule has 0 aliphatic carbocycles. The molecule has 0 saturated heterocycles. The predicted molar refractivity (Wildman–Crippen MR) is 136 cm³/mol. The van der Waals surface area contributed by atoms with E-state index in [9.17, 15) is 14.0 Å². The van der Waals surface area contributed by atoms with Crippen molar-refractivity contribution in [3.05, 3.63) is 53.8 Å². The third kappa shape index (κ3) is 10.7. The summed E-state index contributed by atoms with van der Waals surface area (Å²) < 4.78 is 24.5. The van der Waals surface area contributed by atoms with Gasteiger partial charge in [-0.25, -0.2) is 14.0 Å². The lowest BCUT2D eigenvalue weighted by Gasteiger charge is -2.14. The molecule has 0 unspecified atom stereocenters. The second kappa shape index (κ2) is 16.4. The first kappa shape index (κ1) is 28.0. The number of carbonyl (C=O) groups is 2. The lowest BCUT2D eigenvalue weighted by Crippen LogP contribution is -2.22. The van der Waals surface area contributed by atoms with Crippen molar-refractivity contribution in [3.8, 4) is 5.75 Å². The number of benzene rings is 2. The minimum atomic E-state index is -0.808. The SMILES string of the molecule is COC(=O)c1cc(F)c(NCCCNCCCCNCCCN)cc1NC(=O)Oc1ccccc1. The van der Waals surface area contributed by atoms with E-state index in [1.54, 1.807) is 30.3 Å². The maximum absolute atomic E-state index is 14.6. The summed E-state index contributed by atoms with van der Waals surface area (Å²) in [6.45, 7) is 4.86. The molecule has 0 fully saturated rings. The zero-order chi connectivity index (χ0) is 25.3. The number of hydrogen-bond acceptors (Lipinski definition) is 8. The average molecular weight is 490 g/mol. The highest BCUT2D eigenvalue weighted by Crippen LogP contribution is 2.26. The smallest absolute Gasteiger partial charge is 0.417 e. The number of rotatable bonds is 16. The molecule has 2 aromatic rings. The summed E-state index contributed by atoms with van der Waals surface area (Å²) in [5.74, 6) is -1.06. The van der Waals surface area contributed by atoms with Gasteiger partial charge in [0.1, 0.15) is 11.6 Å². The first-order valence-corrected chi connectivity index (χ1v) is 11.9. The zero-order valence-corrected chi connectivity index (χ0v) is 20.2. The third-order valence-electron chi connectivity index (χ3n) is 5.06. The largest absolute Gasteiger partial charge is 0.465 e. The van der Waals surface area contributed by atoms with Gasteiger partial charge in [0, 0.05) is 6.54 Å². The summed E-state index contributed by atoms with van der Waals surface area (Å²) >= 11 is 0. The molecular weight excluding hydrogens is 453 g/mol. The van der Waals surface area contributed by atoms with Gasteiger partial charge in [0.2, 0.25) is 0 Å². The van der Waals surface area contributed by atoms with Gasteiger partial charge in [0.15, 0.2) is 0 Å². The molecule has 0 atom stereocenters. The monoisotopic (exact) mass is 489 g/mol. The number of esters is 1. The summed E-state index contributed by atoms with van der Waals surface area (Å²) in [6, 6.07) is 10.9. The van der Waals surface area contributed by atoms with E-state index in [4.69, 9.17) is 15.2 Å². The minimum Gasteiger partial charge on any atom is -0.465 e. The highest BCUT2D eigenvalue weighted by molar-refractivity contribution is 6.00. The van der Waals surface area contributed by atoms with E-state index in [1.165, 1.54) is 13.2 Å². The van der Waals surface area contributed by atoms with Gasteiger partial charge < -0.3 is 31.2 Å². The molecule has 6 N–H and O–H groups in total. The van der Waals surface area contributed by atoms with E-state index in [0.29, 0.717) is 18.8 Å². The van der Waals surface area contributed by atoms with E-state index >= 15 is 0 Å². The van der Waals surface area contributed by atoms with Crippen LogP contribution >= 0.6 is 0 Å². The number of unbranched alkanes of at least 4 members (excludes halogenated alkanes) is 1. The molecule has 0 aliphatic rings. The average Bonchev–Trinajstić information content (AvgIpc) is 2.86. The number of para-hydroxylation sites is 1. The molecule has 0 radical (unpaired) electrons. The zero-order valence-electron chi connectivity index (χ0n) is 20.2. The van der Waals surface area contributed by atoms with Crippen molar-refractivity contribution < 1.29 is 23.5 Å². The molecule has 1 amide bonds. The number of anilines is 2. The van der Waals surface area contributed by atoms with Gasteiger partial charge in [-0.2, -0.15) is 0 Å². The molecule has 35 heavy (non-hydrogen) atoms. The topological polar surface area (TPSA) is 127 Å². The van der Waals surface area contributed by atoms with Gasteiger partial charge in [-0.1, -0.05) is 18.2 Å². The van der Waals surface area contributed by atoms with Gasteiger partial charge in [-0.15, -0.1) is 0 Å². The van der Waals surface area contributed by atoms with Crippen LogP contribution in [0, 0.1) is 5.82 Å². The van der Waals surface area contributed by atoms with E-state index < -0.39 is 17.9 Å². The standard InChI is InChI=1S/C25H36FN5O4/c1-34-24(32)20-17-21(26)23(18-22(20)31-25(33)35-19-9-3-2-4-10-19)30-16-8-15-29-13-6-5-12-28-14-7-11-27/h2-4,9-10,17-18,28-30H,5-8,11-16,27H2,1H3,(H,31,33). The Morgan fingerprint density at radius 1 is 0.886 bits per heavy atom. The highest BCUT2D eigenvalue weighted by Gasteiger charge is 2.19. The van der Waals surface area contributed by atoms with Gasteiger partial charge >= 0.3 is 12.1 Å². The molecule has 0 aromatic heterocycles. The van der Waals surface area contributed by atoms with Crippen LogP contribution in [0.4, 0.5) is 20.6 Å². The Morgan fingerprint density at radius 2 is 1.54 bits per heavy atom. The van der Waals surface area contributed by atoms with Gasteiger partial charge in [0.05, 0.1) is 24.0 Å². The number of ether oxygens (including phenoxy) is 2. The number of halogens is 1. The van der Waals surface area contributed by atoms with Crippen molar-refractivity contribution in [1.29, 1.82) is 0 Å². The summed E-state index contributed by atoms with van der Waals surface area (Å²) in [4.78, 5) is 24.4. The molecule has 0 aliphatic heterocycles. The van der Waals surface area contributed by atoms with E-state index in [1.807, 2.05) is 0 Å². The van der Waals surface area contributed by atoms with Crippen LogP contribution in [0.2, 0.25) is 0 Å². The fourth-order valence-electron chi connectivity index (χ4n) is 3.24. The maximum Gasteiger partial charge on any atom is 0.417 e. The molecule has 0 heterocycles. The molecule has 0 bridgehead atoms. The Hall–Kier alpha value is -3.21. The van der Waals surface area contributed by atoms with Crippen molar-refractivity contribution >= 4 is 23.4 Å². The second-order valence-corrected chi connectivity index (χ2v) is 7.83. The first-order valence-electron chi connectivity index (χ1n) is 11.9. The maximum atomic E-state index is 14.6. The van der Waals surface area contributed by atoms with Crippen molar-refractivity contribution in [2.45, 2.75) is 25.7 Å². The summed E-state index contributed by atoms with van der Waals surface area (Å²) in [5.41, 5.74) is 5.59. The second-order valence-electron chi connectivity index (χ2n) is 7.83. The fourth-order valence-corrected chi connectivity index (χ4v) is 3.24. The van der Waals surface area contributed by atoms with Crippen LogP contribution in [0.15, 0.2) is 42.5 Å². The van der Waals surface area contributed by atoms with Crippen LogP contribution in [0.5, 0.6) is 5.75 Å². The molecule has 0 saturated carbocycles. The van der Waals surface area contributed by atoms with Crippen molar-refractivity contribution in [2.24, 2.45) is 5.73 Å². The quantitative estimate of drug-likeness (QED) is 0.180. The van der Waals surface area contributed by atoms with Crippen LogP contribution in [0.1, 0.15) is 36.0 Å². The summed E-state index contributed by atoms with van der Waals surface area (Å²) in [7, 11) is 1.18. The van der Waals surface area contributed by atoms with Gasteiger partial charge in [-0.05, 0) is 82.7 Å². The molecule has 9 nitrogen and oxygen atoms in total. The van der Waals surface area contributed by atoms with Crippen LogP contribution in [0.25, 0.3) is 0 Å². The highest BCUT2D eigenvalue weighted by atomic mass is 19.1. The normalized spacial score (nSPS) is 10.6. The van der Waals surface area contributed by atoms with Crippen molar-refractivity contribution in [1.82, 2.24) is 10.6 Å². The number of nitrogens with two attached hydrogens (primary N) is 1. The Morgan fingerprint density at radius 3 is 2.20 bits per heavy atom. The fraction of sp³-hybridized carbons (Fsp3) is 0.440. The molecule has 2 rings (SSSR count). The first-order chi connectivity index (χ1) is 17.0. The van der Waals surface area contributed by atoms with Crippen LogP contribution in [-0.2, 0) is 4.74 Å². The number of methoxy groups -OCH3 is 1. The minimum absolute atomic E-state index is 0.0832. The molecular formula is C25H36FN5O4. The van der Waals surface area contributed by atoms with E-state index in [-0.39, 0.29) is 16.9 Å². The van der Waals surface area contributed by atoms with Crippen molar-refractivity contribution in [2.75, 3.05) is 57.0 Å². The predicted octanol–water partition coefficient (Wildman–Crippen LogP) is 3.33. The molecule has 192 valence electrons. The Labute approximate surface area is 205 Å². The van der Waals surface area contributed by atoms with E-state index in [2.05, 4.69) is 21.3 Å². The third-order valence-corrected chi connectivity index (χ3v) is 5.06. The van der Waals surface area contributed by atoms with Crippen LogP contribution in [-0.4, -0.2) is 58.4 Å². The number of nitrogens with one attached hydrogen (secondary N) is 4. The number of amides is 1. The Kier molecular flexibility index (Phi) is 13.2. The van der Waals surface area contributed by atoms with Crippen LogP contribution < -0.4 is 31.7 Å². The molecule has 0 spiro atoms. The number of carbonyl (C=O) groups excluding carboxylic acids is 2.